The highest BCUT2D eigenvalue weighted by Gasteiger charge is 2.44. The molecule has 0 bridgehead atoms. The Kier molecular flexibility index (Phi) is 3.97. The van der Waals surface area contributed by atoms with Crippen LogP contribution in [0.3, 0.4) is 0 Å². The lowest BCUT2D eigenvalue weighted by Gasteiger charge is -2.42. The van der Waals surface area contributed by atoms with Crippen LogP contribution in [-0.4, -0.2) is 30.9 Å². The Bertz CT molecular complexity index is 264. The second-order valence-corrected chi connectivity index (χ2v) is 5.51. The number of nitrogens with zero attached hydrogens (tertiary/aromatic N) is 1. The average Bonchev–Trinajstić information content (AvgIpc) is 2.26. The molecule has 4 nitrogen and oxygen atoms in total. The SMILES string of the molecule is COC1(OC)CCC(C(C)(C)C)CC1=NO. The molecule has 0 aromatic carbocycles. The summed E-state index contributed by atoms with van der Waals surface area (Å²) in [5.41, 5.74) is 0.813. The molecular formula is C12H23NO3. The van der Waals surface area contributed by atoms with Crippen LogP contribution < -0.4 is 0 Å². The van der Waals surface area contributed by atoms with Crippen LogP contribution in [0, 0.1) is 11.3 Å². The molecule has 0 spiro atoms. The molecule has 0 aliphatic heterocycles. The van der Waals surface area contributed by atoms with Gasteiger partial charge in [-0.3, -0.25) is 0 Å². The highest BCUT2D eigenvalue weighted by molar-refractivity contribution is 5.91. The van der Waals surface area contributed by atoms with E-state index in [0.29, 0.717) is 11.6 Å². The van der Waals surface area contributed by atoms with Gasteiger partial charge in [-0.15, -0.1) is 0 Å². The van der Waals surface area contributed by atoms with Gasteiger partial charge < -0.3 is 14.7 Å². The highest BCUT2D eigenvalue weighted by atomic mass is 16.7. The number of ether oxygens (including phenoxy) is 2. The second kappa shape index (κ2) is 4.72. The molecule has 94 valence electrons. The maximum atomic E-state index is 9.10. The first-order valence-corrected chi connectivity index (χ1v) is 5.71. The Morgan fingerprint density at radius 3 is 2.25 bits per heavy atom. The van der Waals surface area contributed by atoms with Crippen LogP contribution >= 0.6 is 0 Å². The minimum absolute atomic E-state index is 0.212. The summed E-state index contributed by atoms with van der Waals surface area (Å²) in [4.78, 5) is 0. The first-order chi connectivity index (χ1) is 7.39. The largest absolute Gasteiger partial charge is 0.411 e. The van der Waals surface area contributed by atoms with Crippen LogP contribution in [0.4, 0.5) is 0 Å². The average molecular weight is 229 g/mol. The predicted molar refractivity (Wildman–Crippen MR) is 62.8 cm³/mol. The first kappa shape index (κ1) is 13.5. The van der Waals surface area contributed by atoms with Gasteiger partial charge >= 0.3 is 0 Å². The Morgan fingerprint density at radius 2 is 1.88 bits per heavy atom. The maximum absolute atomic E-state index is 9.10. The summed E-state index contributed by atoms with van der Waals surface area (Å²) in [5.74, 6) is -0.326. The fraction of sp³-hybridized carbons (Fsp3) is 0.917. The van der Waals surface area contributed by atoms with Gasteiger partial charge in [0.2, 0.25) is 5.79 Å². The predicted octanol–water partition coefficient (Wildman–Crippen LogP) is 2.65. The molecule has 16 heavy (non-hydrogen) atoms. The third-order valence-electron chi connectivity index (χ3n) is 3.71. The molecule has 0 aromatic rings. The molecule has 1 atom stereocenters. The van der Waals surface area contributed by atoms with E-state index in [1.165, 1.54) is 0 Å². The van der Waals surface area contributed by atoms with Gasteiger partial charge in [-0.2, -0.15) is 0 Å². The van der Waals surface area contributed by atoms with E-state index in [-0.39, 0.29) is 5.41 Å². The normalized spacial score (nSPS) is 28.3. The third kappa shape index (κ3) is 2.38. The Hall–Kier alpha value is -0.610. The van der Waals surface area contributed by atoms with Crippen LogP contribution in [0.2, 0.25) is 0 Å². The fourth-order valence-corrected chi connectivity index (χ4v) is 2.38. The quantitative estimate of drug-likeness (QED) is 0.450. The van der Waals surface area contributed by atoms with Crippen molar-refractivity contribution in [3.8, 4) is 0 Å². The van der Waals surface area contributed by atoms with Crippen molar-refractivity contribution < 1.29 is 14.7 Å². The Morgan fingerprint density at radius 1 is 1.31 bits per heavy atom. The molecule has 1 aliphatic carbocycles. The summed E-state index contributed by atoms with van der Waals surface area (Å²) in [7, 11) is 3.18. The van der Waals surface area contributed by atoms with Crippen LogP contribution in [0.5, 0.6) is 0 Å². The summed E-state index contributed by atoms with van der Waals surface area (Å²) < 4.78 is 10.8. The molecular weight excluding hydrogens is 206 g/mol. The van der Waals surface area contributed by atoms with Gasteiger partial charge in [-0.1, -0.05) is 25.9 Å². The monoisotopic (exact) mass is 229 g/mol. The zero-order chi connectivity index (χ0) is 12.4. The molecule has 4 heteroatoms. The van der Waals surface area contributed by atoms with E-state index in [4.69, 9.17) is 14.7 Å². The number of oxime groups is 1. The topological polar surface area (TPSA) is 51.0 Å². The number of hydrogen-bond acceptors (Lipinski definition) is 4. The first-order valence-electron chi connectivity index (χ1n) is 5.71. The van der Waals surface area contributed by atoms with E-state index in [1.807, 2.05) is 0 Å². The smallest absolute Gasteiger partial charge is 0.211 e. The second-order valence-electron chi connectivity index (χ2n) is 5.51. The van der Waals surface area contributed by atoms with E-state index >= 15 is 0 Å². The number of hydrogen-bond donors (Lipinski definition) is 1. The standard InChI is InChI=1S/C12H23NO3/c1-11(2,3)9-6-7-12(15-4,16-5)10(8-9)13-14/h9,14H,6-8H2,1-5H3. The molecule has 1 unspecified atom stereocenters. The summed E-state index contributed by atoms with van der Waals surface area (Å²) in [6.07, 6.45) is 2.48. The van der Waals surface area contributed by atoms with Gasteiger partial charge in [0.25, 0.3) is 0 Å². The Balaban J connectivity index is 2.88. The number of methoxy groups -OCH3 is 2. The molecule has 1 aliphatic rings. The van der Waals surface area contributed by atoms with Gasteiger partial charge in [-0.25, -0.2) is 0 Å². The lowest BCUT2D eigenvalue weighted by atomic mass is 9.70. The zero-order valence-corrected chi connectivity index (χ0v) is 10.9. The molecule has 1 fully saturated rings. The summed E-state index contributed by atoms with van der Waals surface area (Å²) in [6, 6.07) is 0. The molecule has 1 saturated carbocycles. The van der Waals surface area contributed by atoms with E-state index in [0.717, 1.165) is 19.3 Å². The summed E-state index contributed by atoms with van der Waals surface area (Å²) in [5, 5.41) is 12.5. The van der Waals surface area contributed by atoms with Crippen molar-refractivity contribution in [3.63, 3.8) is 0 Å². The van der Waals surface area contributed by atoms with Crippen molar-refractivity contribution >= 4 is 5.71 Å². The van der Waals surface area contributed by atoms with Gasteiger partial charge in [0.05, 0.1) is 0 Å². The van der Waals surface area contributed by atoms with Crippen molar-refractivity contribution in [1.29, 1.82) is 0 Å². The van der Waals surface area contributed by atoms with Crippen LogP contribution in [0.1, 0.15) is 40.0 Å². The Labute approximate surface area is 97.6 Å². The van der Waals surface area contributed by atoms with E-state index in [2.05, 4.69) is 25.9 Å². The molecule has 0 saturated heterocycles. The lowest BCUT2D eigenvalue weighted by molar-refractivity contribution is -0.170. The fourth-order valence-electron chi connectivity index (χ4n) is 2.38. The summed E-state index contributed by atoms with van der Waals surface area (Å²) >= 11 is 0. The van der Waals surface area contributed by atoms with Gasteiger partial charge in [0, 0.05) is 20.6 Å². The highest BCUT2D eigenvalue weighted by Crippen LogP contribution is 2.41. The molecule has 0 aromatic heterocycles. The van der Waals surface area contributed by atoms with Gasteiger partial charge in [0.1, 0.15) is 5.71 Å². The van der Waals surface area contributed by atoms with Crippen molar-refractivity contribution in [2.45, 2.75) is 45.8 Å². The van der Waals surface area contributed by atoms with E-state index in [1.54, 1.807) is 14.2 Å². The minimum atomic E-state index is -0.823. The van der Waals surface area contributed by atoms with Crippen molar-refractivity contribution in [3.05, 3.63) is 0 Å². The van der Waals surface area contributed by atoms with Gasteiger partial charge in [-0.05, 0) is 24.2 Å². The van der Waals surface area contributed by atoms with Crippen LogP contribution in [-0.2, 0) is 9.47 Å². The lowest BCUT2D eigenvalue weighted by Crippen LogP contribution is -2.48. The van der Waals surface area contributed by atoms with Crippen LogP contribution in [0.25, 0.3) is 0 Å². The summed E-state index contributed by atoms with van der Waals surface area (Å²) in [6.45, 7) is 6.62. The third-order valence-corrected chi connectivity index (χ3v) is 3.71. The van der Waals surface area contributed by atoms with Crippen LogP contribution in [0.15, 0.2) is 5.16 Å². The number of rotatable bonds is 2. The van der Waals surface area contributed by atoms with Crippen molar-refractivity contribution in [2.24, 2.45) is 16.5 Å². The molecule has 1 rings (SSSR count). The maximum Gasteiger partial charge on any atom is 0.211 e. The van der Waals surface area contributed by atoms with Crippen molar-refractivity contribution in [1.82, 2.24) is 0 Å². The van der Waals surface area contributed by atoms with E-state index in [9.17, 15) is 0 Å². The minimum Gasteiger partial charge on any atom is -0.411 e. The molecule has 0 radical (unpaired) electrons. The van der Waals surface area contributed by atoms with Crippen molar-refractivity contribution in [2.75, 3.05) is 14.2 Å². The zero-order valence-electron chi connectivity index (χ0n) is 10.9. The van der Waals surface area contributed by atoms with E-state index < -0.39 is 5.79 Å². The molecule has 0 heterocycles. The van der Waals surface area contributed by atoms with Gasteiger partial charge in [0.15, 0.2) is 0 Å². The molecule has 1 N–H and O–H groups in total. The molecule has 0 amide bonds.